The first-order valence-corrected chi connectivity index (χ1v) is 4.75. The smallest absolute Gasteiger partial charge is 0.181 e. The van der Waals surface area contributed by atoms with Crippen molar-refractivity contribution in [2.24, 2.45) is 0 Å². The summed E-state index contributed by atoms with van der Waals surface area (Å²) >= 11 is 0. The van der Waals surface area contributed by atoms with Gasteiger partial charge in [0.1, 0.15) is 11.5 Å². The number of rotatable bonds is 2. The van der Waals surface area contributed by atoms with E-state index in [4.69, 9.17) is 4.52 Å². The van der Waals surface area contributed by atoms with Gasteiger partial charge in [0.2, 0.25) is 0 Å². The first-order chi connectivity index (χ1) is 6.27. The van der Waals surface area contributed by atoms with Gasteiger partial charge in [-0.2, -0.15) is 0 Å². The molecule has 0 N–H and O–H groups in total. The van der Waals surface area contributed by atoms with Crippen LogP contribution in [0.25, 0.3) is 0 Å². The Morgan fingerprint density at radius 1 is 1.54 bits per heavy atom. The fourth-order valence-electron chi connectivity index (χ4n) is 1.02. The Morgan fingerprint density at radius 3 is 2.54 bits per heavy atom. The van der Waals surface area contributed by atoms with Crippen molar-refractivity contribution in [2.75, 3.05) is 0 Å². The van der Waals surface area contributed by atoms with Gasteiger partial charge in [-0.1, -0.05) is 19.0 Å². The van der Waals surface area contributed by atoms with E-state index in [9.17, 15) is 4.79 Å². The van der Waals surface area contributed by atoms with Crippen molar-refractivity contribution in [1.82, 2.24) is 5.16 Å². The molecular formula is C10H15NO2. The number of Topliss-reactive ketones (excluding diaryl/α,β-unsaturated/α-hetero) is 1. The van der Waals surface area contributed by atoms with Gasteiger partial charge in [-0.25, -0.2) is 0 Å². The van der Waals surface area contributed by atoms with Crippen LogP contribution < -0.4 is 0 Å². The highest BCUT2D eigenvalue weighted by molar-refractivity contribution is 5.91. The molecule has 13 heavy (non-hydrogen) atoms. The summed E-state index contributed by atoms with van der Waals surface area (Å²) in [5, 5.41) is 3.65. The lowest BCUT2D eigenvalue weighted by Crippen LogP contribution is -1.89. The number of ketones is 1. The molecule has 1 aliphatic carbocycles. The summed E-state index contributed by atoms with van der Waals surface area (Å²) in [6, 6.07) is 1.75. The zero-order valence-corrected chi connectivity index (χ0v) is 8.33. The van der Waals surface area contributed by atoms with Crippen molar-refractivity contribution in [3.05, 3.63) is 17.5 Å². The number of carbonyl (C=O) groups is 1. The predicted molar refractivity (Wildman–Crippen MR) is 49.8 cm³/mol. The Morgan fingerprint density at radius 2 is 2.15 bits per heavy atom. The van der Waals surface area contributed by atoms with Gasteiger partial charge in [0.15, 0.2) is 5.78 Å². The Hall–Kier alpha value is -1.12. The van der Waals surface area contributed by atoms with Gasteiger partial charge in [0, 0.05) is 18.9 Å². The van der Waals surface area contributed by atoms with Crippen molar-refractivity contribution in [3.63, 3.8) is 0 Å². The van der Waals surface area contributed by atoms with Gasteiger partial charge in [0.05, 0.1) is 0 Å². The highest BCUT2D eigenvalue weighted by Crippen LogP contribution is 2.40. The van der Waals surface area contributed by atoms with E-state index in [-0.39, 0.29) is 5.78 Å². The molecule has 0 radical (unpaired) electrons. The third kappa shape index (κ3) is 2.41. The quantitative estimate of drug-likeness (QED) is 0.659. The predicted octanol–water partition coefficient (Wildman–Crippen LogP) is 2.78. The molecule has 1 aliphatic rings. The van der Waals surface area contributed by atoms with E-state index in [1.54, 1.807) is 6.07 Å². The van der Waals surface area contributed by atoms with Crippen LogP contribution >= 0.6 is 0 Å². The van der Waals surface area contributed by atoms with Crippen molar-refractivity contribution in [2.45, 2.75) is 39.5 Å². The monoisotopic (exact) mass is 181 g/mol. The summed E-state index contributed by atoms with van der Waals surface area (Å²) in [6.07, 6.45) is 2.35. The Labute approximate surface area is 78.1 Å². The minimum absolute atomic E-state index is 0.0272. The maximum absolute atomic E-state index is 10.8. The molecule has 1 aromatic heterocycles. The summed E-state index contributed by atoms with van der Waals surface area (Å²) in [5.41, 5.74) is 0.451. The van der Waals surface area contributed by atoms with Crippen molar-refractivity contribution in [3.8, 4) is 0 Å². The van der Waals surface area contributed by atoms with Crippen LogP contribution in [0.5, 0.6) is 0 Å². The zero-order chi connectivity index (χ0) is 9.84. The lowest BCUT2D eigenvalue weighted by atomic mass is 10.2. The molecule has 0 saturated heterocycles. The van der Waals surface area contributed by atoms with Crippen LogP contribution in [0.1, 0.15) is 55.8 Å². The molecule has 3 heteroatoms. The first kappa shape index (κ1) is 9.96. The molecule has 0 aliphatic heterocycles. The molecule has 0 amide bonds. The average Bonchev–Trinajstić information content (AvgIpc) is 2.87. The third-order valence-electron chi connectivity index (χ3n) is 1.87. The summed E-state index contributed by atoms with van der Waals surface area (Å²) in [6.45, 7) is 5.49. The van der Waals surface area contributed by atoms with E-state index in [1.807, 2.05) is 13.8 Å². The van der Waals surface area contributed by atoms with E-state index >= 15 is 0 Å². The molecule has 1 aromatic rings. The van der Waals surface area contributed by atoms with Crippen LogP contribution in [0.2, 0.25) is 0 Å². The Balaban J connectivity index is 0.000000396. The van der Waals surface area contributed by atoms with Crippen LogP contribution in [0.4, 0.5) is 0 Å². The molecule has 0 aromatic carbocycles. The van der Waals surface area contributed by atoms with Crippen molar-refractivity contribution >= 4 is 5.78 Å². The van der Waals surface area contributed by atoms with E-state index in [0.29, 0.717) is 11.6 Å². The molecule has 3 nitrogen and oxygen atoms in total. The van der Waals surface area contributed by atoms with Crippen LogP contribution in [0.15, 0.2) is 10.6 Å². The van der Waals surface area contributed by atoms with E-state index in [2.05, 4.69) is 5.16 Å². The molecule has 0 atom stereocenters. The second-order valence-electron chi connectivity index (χ2n) is 2.94. The maximum atomic E-state index is 10.8. The highest BCUT2D eigenvalue weighted by Gasteiger charge is 2.28. The number of nitrogens with zero attached hydrogens (tertiary/aromatic N) is 1. The van der Waals surface area contributed by atoms with Gasteiger partial charge < -0.3 is 4.52 Å². The average molecular weight is 181 g/mol. The fraction of sp³-hybridized carbons (Fsp3) is 0.600. The number of hydrogen-bond donors (Lipinski definition) is 0. The van der Waals surface area contributed by atoms with Crippen LogP contribution in [-0.4, -0.2) is 10.9 Å². The largest absolute Gasteiger partial charge is 0.360 e. The minimum Gasteiger partial charge on any atom is -0.360 e. The highest BCUT2D eigenvalue weighted by atomic mass is 16.5. The molecule has 1 heterocycles. The lowest BCUT2D eigenvalue weighted by Gasteiger charge is -1.80. The Kier molecular flexibility index (Phi) is 3.23. The minimum atomic E-state index is -0.0272. The van der Waals surface area contributed by atoms with Gasteiger partial charge >= 0.3 is 0 Å². The normalized spacial score (nSPS) is 14.7. The number of hydrogen-bond acceptors (Lipinski definition) is 3. The second kappa shape index (κ2) is 4.21. The SMILES string of the molecule is CC.CC(=O)c1cc(C2CC2)on1. The fourth-order valence-corrected chi connectivity index (χ4v) is 1.02. The first-order valence-electron chi connectivity index (χ1n) is 4.75. The van der Waals surface area contributed by atoms with E-state index < -0.39 is 0 Å². The Bertz CT molecular complexity index is 287. The van der Waals surface area contributed by atoms with Crippen molar-refractivity contribution in [1.29, 1.82) is 0 Å². The van der Waals surface area contributed by atoms with E-state index in [1.165, 1.54) is 19.8 Å². The lowest BCUT2D eigenvalue weighted by molar-refractivity contribution is 0.100. The van der Waals surface area contributed by atoms with Crippen LogP contribution in [0, 0.1) is 0 Å². The maximum Gasteiger partial charge on any atom is 0.181 e. The summed E-state index contributed by atoms with van der Waals surface area (Å²) in [7, 11) is 0. The molecule has 2 rings (SSSR count). The van der Waals surface area contributed by atoms with Gasteiger partial charge in [-0.05, 0) is 12.8 Å². The molecule has 0 bridgehead atoms. The van der Waals surface area contributed by atoms with Gasteiger partial charge in [0.25, 0.3) is 0 Å². The summed E-state index contributed by atoms with van der Waals surface area (Å²) in [5.74, 6) is 1.38. The van der Waals surface area contributed by atoms with Gasteiger partial charge in [-0.3, -0.25) is 4.79 Å². The third-order valence-corrected chi connectivity index (χ3v) is 1.87. The molecule has 0 unspecified atom stereocenters. The van der Waals surface area contributed by atoms with Crippen molar-refractivity contribution < 1.29 is 9.32 Å². The van der Waals surface area contributed by atoms with E-state index in [0.717, 1.165) is 5.76 Å². The molecular weight excluding hydrogens is 166 g/mol. The topological polar surface area (TPSA) is 43.1 Å². The zero-order valence-electron chi connectivity index (χ0n) is 8.33. The van der Waals surface area contributed by atoms with Crippen LogP contribution in [-0.2, 0) is 0 Å². The molecule has 1 fully saturated rings. The van der Waals surface area contributed by atoms with Crippen LogP contribution in [0.3, 0.4) is 0 Å². The molecule has 0 spiro atoms. The molecule has 72 valence electrons. The number of carbonyl (C=O) groups excluding carboxylic acids is 1. The summed E-state index contributed by atoms with van der Waals surface area (Å²) in [4.78, 5) is 10.8. The number of aromatic nitrogens is 1. The second-order valence-corrected chi connectivity index (χ2v) is 2.94. The summed E-state index contributed by atoms with van der Waals surface area (Å²) < 4.78 is 4.98. The molecule has 1 saturated carbocycles. The standard InChI is InChI=1S/C8H9NO2.C2H6/c1-5(10)7-4-8(11-9-7)6-2-3-6;1-2/h4,6H,2-3H2,1H3;1-2H3. The van der Waals surface area contributed by atoms with Gasteiger partial charge in [-0.15, -0.1) is 0 Å².